The number of allylic oxidation sites excluding steroid dienone is 2. The van der Waals surface area contributed by atoms with Gasteiger partial charge < -0.3 is 9.47 Å². The maximum Gasteiger partial charge on any atom is 0.330 e. The molecule has 0 radical (unpaired) electrons. The Morgan fingerprint density at radius 3 is 1.18 bits per heavy atom. The molecule has 0 bridgehead atoms. The number of hydrogen-bond donors (Lipinski definition) is 1. The fraction of sp³-hybridized carbons (Fsp3) is 0.846. The average Bonchev–Trinajstić information content (AvgIpc) is 3.03. The first-order chi connectivity index (χ1) is 22.1. The van der Waals surface area contributed by atoms with Crippen molar-refractivity contribution in [2.75, 3.05) is 13.2 Å². The van der Waals surface area contributed by atoms with Crippen LogP contribution in [0.25, 0.3) is 0 Å². The summed E-state index contributed by atoms with van der Waals surface area (Å²) in [5.74, 6) is -1.01. The molecule has 6 nitrogen and oxygen atoms in total. The minimum atomic E-state index is -0.859. The standard InChI is InChI=1S/C39H72O6/c1-3-5-7-9-11-13-15-17-19-21-23-25-27-29-31-33-38(40)43-35-37(36-44-42)45-39(41)34-32-30-28-26-24-22-20-18-16-14-12-10-8-6-4-2/h31-34,37,42H,3-30,35-36H2,1-2H3/t37-/m1/s1. The average molecular weight is 637 g/mol. The summed E-state index contributed by atoms with van der Waals surface area (Å²) in [5.41, 5.74) is 0. The Balaban J connectivity index is 3.74. The van der Waals surface area contributed by atoms with Gasteiger partial charge in [0, 0.05) is 12.2 Å². The molecule has 0 aliphatic carbocycles. The number of hydrogen-bond acceptors (Lipinski definition) is 6. The lowest BCUT2D eigenvalue weighted by molar-refractivity contribution is -0.261. The molecule has 0 aromatic heterocycles. The third-order valence-corrected chi connectivity index (χ3v) is 8.41. The van der Waals surface area contributed by atoms with E-state index in [4.69, 9.17) is 14.7 Å². The molecule has 0 spiro atoms. The van der Waals surface area contributed by atoms with E-state index in [2.05, 4.69) is 18.7 Å². The smallest absolute Gasteiger partial charge is 0.330 e. The summed E-state index contributed by atoms with van der Waals surface area (Å²) < 4.78 is 10.5. The summed E-state index contributed by atoms with van der Waals surface area (Å²) in [6.45, 7) is 4.10. The molecule has 0 fully saturated rings. The van der Waals surface area contributed by atoms with Crippen LogP contribution < -0.4 is 0 Å². The van der Waals surface area contributed by atoms with Crippen LogP contribution in [0.4, 0.5) is 0 Å². The van der Waals surface area contributed by atoms with Gasteiger partial charge in [-0.05, 0) is 25.7 Å². The lowest BCUT2D eigenvalue weighted by atomic mass is 10.0. The molecular weight excluding hydrogens is 564 g/mol. The van der Waals surface area contributed by atoms with E-state index in [-0.39, 0.29) is 13.2 Å². The SMILES string of the molecule is CCCCCCCCCCCCCCCC=CC(=O)OC[C@H](COO)OC(=O)C=CCCCCCCCCCCCCCCC. The van der Waals surface area contributed by atoms with Crippen LogP contribution >= 0.6 is 0 Å². The molecule has 0 aliphatic heterocycles. The molecule has 0 saturated heterocycles. The van der Waals surface area contributed by atoms with E-state index < -0.39 is 18.0 Å². The van der Waals surface area contributed by atoms with Gasteiger partial charge in [0.2, 0.25) is 0 Å². The second-order valence-corrected chi connectivity index (χ2v) is 12.9. The third kappa shape index (κ3) is 35.0. The lowest BCUT2D eigenvalue weighted by Gasteiger charge is -2.14. The van der Waals surface area contributed by atoms with E-state index >= 15 is 0 Å². The molecule has 0 heterocycles. The number of unbranched alkanes of at least 4 members (excludes halogenated alkanes) is 26. The van der Waals surface area contributed by atoms with Gasteiger partial charge in [-0.15, -0.1) is 0 Å². The van der Waals surface area contributed by atoms with Gasteiger partial charge in [-0.3, -0.25) is 5.26 Å². The third-order valence-electron chi connectivity index (χ3n) is 8.41. The van der Waals surface area contributed by atoms with Gasteiger partial charge >= 0.3 is 11.9 Å². The van der Waals surface area contributed by atoms with Crippen LogP contribution in [0, 0.1) is 0 Å². The summed E-state index contributed by atoms with van der Waals surface area (Å²) in [5, 5.41) is 8.82. The van der Waals surface area contributed by atoms with E-state index in [0.29, 0.717) is 0 Å². The molecule has 6 heteroatoms. The lowest BCUT2D eigenvalue weighted by Crippen LogP contribution is -2.28. The van der Waals surface area contributed by atoms with E-state index in [1.165, 1.54) is 166 Å². The van der Waals surface area contributed by atoms with Crippen molar-refractivity contribution in [1.29, 1.82) is 0 Å². The number of ether oxygens (including phenoxy) is 2. The van der Waals surface area contributed by atoms with Crippen molar-refractivity contribution in [3.63, 3.8) is 0 Å². The summed E-state index contributed by atoms with van der Waals surface area (Å²) in [6.07, 6.45) is 41.5. The van der Waals surface area contributed by atoms with Crippen molar-refractivity contribution in [3.05, 3.63) is 24.3 Å². The van der Waals surface area contributed by atoms with Gasteiger partial charge in [-0.1, -0.05) is 180 Å². The second kappa shape index (κ2) is 36.8. The van der Waals surface area contributed by atoms with Crippen LogP contribution in [0.15, 0.2) is 24.3 Å². The molecule has 0 unspecified atom stereocenters. The summed E-state index contributed by atoms with van der Waals surface area (Å²) in [6, 6.07) is 0. The largest absolute Gasteiger partial charge is 0.458 e. The molecule has 264 valence electrons. The van der Waals surface area contributed by atoms with Crippen LogP contribution in [0.3, 0.4) is 0 Å². The summed E-state index contributed by atoms with van der Waals surface area (Å²) >= 11 is 0. The van der Waals surface area contributed by atoms with Crippen molar-refractivity contribution in [1.82, 2.24) is 0 Å². The number of rotatable bonds is 35. The van der Waals surface area contributed by atoms with Crippen molar-refractivity contribution in [2.24, 2.45) is 0 Å². The Bertz CT molecular complexity index is 689. The van der Waals surface area contributed by atoms with Crippen LogP contribution in [-0.4, -0.2) is 36.5 Å². The van der Waals surface area contributed by atoms with Gasteiger partial charge in [-0.2, -0.15) is 0 Å². The number of carbonyl (C=O) groups is 2. The van der Waals surface area contributed by atoms with Crippen molar-refractivity contribution in [2.45, 2.75) is 200 Å². The molecule has 45 heavy (non-hydrogen) atoms. The topological polar surface area (TPSA) is 82.1 Å². The van der Waals surface area contributed by atoms with Gasteiger partial charge in [0.05, 0.1) is 0 Å². The minimum Gasteiger partial charge on any atom is -0.458 e. The molecule has 0 aromatic rings. The molecule has 0 amide bonds. The minimum absolute atomic E-state index is 0.166. The van der Waals surface area contributed by atoms with Gasteiger partial charge in [0.25, 0.3) is 0 Å². The Labute approximate surface area is 278 Å². The predicted molar refractivity (Wildman–Crippen MR) is 188 cm³/mol. The molecule has 0 saturated carbocycles. The first-order valence-corrected chi connectivity index (χ1v) is 19.1. The Morgan fingerprint density at radius 2 is 0.822 bits per heavy atom. The highest BCUT2D eigenvalue weighted by atomic mass is 17.1. The molecule has 0 rings (SSSR count). The zero-order valence-corrected chi connectivity index (χ0v) is 29.6. The monoisotopic (exact) mass is 637 g/mol. The van der Waals surface area contributed by atoms with Gasteiger partial charge in [0.15, 0.2) is 6.10 Å². The zero-order valence-electron chi connectivity index (χ0n) is 29.6. The first kappa shape index (κ1) is 43.3. The van der Waals surface area contributed by atoms with Crippen LogP contribution in [0.1, 0.15) is 194 Å². The van der Waals surface area contributed by atoms with E-state index in [1.54, 1.807) is 0 Å². The molecule has 0 aromatic carbocycles. The highest BCUT2D eigenvalue weighted by Crippen LogP contribution is 2.14. The van der Waals surface area contributed by atoms with Crippen molar-refractivity contribution >= 4 is 11.9 Å². The van der Waals surface area contributed by atoms with Crippen molar-refractivity contribution < 1.29 is 29.2 Å². The quantitative estimate of drug-likeness (QED) is 0.0245. The van der Waals surface area contributed by atoms with Gasteiger partial charge in [0.1, 0.15) is 13.2 Å². The Kier molecular flexibility index (Phi) is 35.4. The van der Waals surface area contributed by atoms with E-state index in [0.717, 1.165) is 25.7 Å². The van der Waals surface area contributed by atoms with Crippen LogP contribution in [0.5, 0.6) is 0 Å². The van der Waals surface area contributed by atoms with Crippen molar-refractivity contribution in [3.8, 4) is 0 Å². The number of carbonyl (C=O) groups excluding carboxylic acids is 2. The molecule has 1 atom stereocenters. The van der Waals surface area contributed by atoms with Crippen LogP contribution in [0.2, 0.25) is 0 Å². The summed E-state index contributed by atoms with van der Waals surface area (Å²) in [4.78, 5) is 28.3. The zero-order chi connectivity index (χ0) is 32.9. The number of esters is 2. The Morgan fingerprint density at radius 1 is 0.489 bits per heavy atom. The van der Waals surface area contributed by atoms with Crippen LogP contribution in [-0.2, 0) is 24.0 Å². The summed E-state index contributed by atoms with van der Waals surface area (Å²) in [7, 11) is 0. The highest BCUT2D eigenvalue weighted by Gasteiger charge is 2.15. The maximum atomic E-state index is 12.1. The maximum absolute atomic E-state index is 12.1. The fourth-order valence-electron chi connectivity index (χ4n) is 5.55. The van der Waals surface area contributed by atoms with Gasteiger partial charge in [-0.25, -0.2) is 14.5 Å². The molecular formula is C39H72O6. The molecule has 0 aliphatic rings. The fourth-order valence-corrected chi connectivity index (χ4v) is 5.55. The highest BCUT2D eigenvalue weighted by molar-refractivity contribution is 5.82. The predicted octanol–water partition coefficient (Wildman–Crippen LogP) is 12.0. The second-order valence-electron chi connectivity index (χ2n) is 12.9. The normalized spacial score (nSPS) is 12.3. The molecule has 1 N–H and O–H groups in total. The Hall–Kier alpha value is -1.66. The van der Waals surface area contributed by atoms with E-state index in [9.17, 15) is 9.59 Å². The first-order valence-electron chi connectivity index (χ1n) is 19.1. The van der Waals surface area contributed by atoms with E-state index in [1.807, 2.05) is 12.2 Å².